The molecule has 1 aromatic rings. The van der Waals surface area contributed by atoms with Gasteiger partial charge in [-0.1, -0.05) is 49.1 Å². The average molecular weight is 439 g/mol. The van der Waals surface area contributed by atoms with E-state index in [0.29, 0.717) is 5.56 Å². The minimum atomic E-state index is -1.63. The number of aliphatic carboxylic acids is 3. The van der Waals surface area contributed by atoms with Crippen molar-refractivity contribution >= 4 is 58.2 Å². The summed E-state index contributed by atoms with van der Waals surface area (Å²) in [7, 11) is 0. The second-order valence-electron chi connectivity index (χ2n) is 5.89. The van der Waals surface area contributed by atoms with Gasteiger partial charge in [0.05, 0.1) is 11.3 Å². The molecule has 1 aromatic carbocycles. The van der Waals surface area contributed by atoms with Crippen molar-refractivity contribution in [1.29, 1.82) is 0 Å². The summed E-state index contributed by atoms with van der Waals surface area (Å²) in [5.74, 6) is -4.51. The fourth-order valence-electron chi connectivity index (χ4n) is 2.51. The molecule has 154 valence electrons. The molecule has 1 aliphatic heterocycles. The molecule has 0 aromatic heterocycles. The van der Waals surface area contributed by atoms with Crippen LogP contribution < -0.4 is 4.74 Å². The van der Waals surface area contributed by atoms with Crippen molar-refractivity contribution in [2.45, 2.75) is 31.9 Å². The molecule has 0 aliphatic carbocycles. The number of carboxylic acids is 3. The highest BCUT2D eigenvalue weighted by molar-refractivity contribution is 8.26. The van der Waals surface area contributed by atoms with Crippen molar-refractivity contribution in [2.24, 2.45) is 0 Å². The van der Waals surface area contributed by atoms with Crippen LogP contribution in [0.4, 0.5) is 0 Å². The van der Waals surface area contributed by atoms with Gasteiger partial charge in [0.2, 0.25) is 0 Å². The molecule has 2 unspecified atom stereocenters. The van der Waals surface area contributed by atoms with Gasteiger partial charge in [0.15, 0.2) is 6.10 Å². The van der Waals surface area contributed by atoms with Gasteiger partial charge in [0.1, 0.15) is 16.1 Å². The van der Waals surface area contributed by atoms with E-state index in [1.165, 1.54) is 6.08 Å². The van der Waals surface area contributed by atoms with Gasteiger partial charge in [0, 0.05) is 5.56 Å². The summed E-state index contributed by atoms with van der Waals surface area (Å²) < 4.78 is 5.43. The number of hydrogen-bond acceptors (Lipinski definition) is 7. The van der Waals surface area contributed by atoms with Crippen LogP contribution in [0, 0.1) is 0 Å². The maximum absolute atomic E-state index is 12.7. The Morgan fingerprint density at radius 2 is 1.86 bits per heavy atom. The first-order valence-corrected chi connectivity index (χ1v) is 9.58. The van der Waals surface area contributed by atoms with E-state index in [9.17, 15) is 29.4 Å². The minimum Gasteiger partial charge on any atom is -0.481 e. The van der Waals surface area contributed by atoms with Crippen LogP contribution in [0.5, 0.6) is 5.75 Å². The zero-order valence-electron chi connectivity index (χ0n) is 15.1. The Kier molecular flexibility index (Phi) is 7.35. The number of para-hydroxylation sites is 1. The predicted octanol–water partition coefficient (Wildman–Crippen LogP) is 2.06. The first kappa shape index (κ1) is 22.4. The Labute approximate surface area is 174 Å². The summed E-state index contributed by atoms with van der Waals surface area (Å²) in [6.07, 6.45) is -0.249. The van der Waals surface area contributed by atoms with Gasteiger partial charge in [-0.25, -0.2) is 9.59 Å². The van der Waals surface area contributed by atoms with Crippen molar-refractivity contribution in [3.8, 4) is 5.75 Å². The third-order valence-corrected chi connectivity index (χ3v) is 5.24. The topological polar surface area (TPSA) is 141 Å². The van der Waals surface area contributed by atoms with Crippen LogP contribution in [-0.4, -0.2) is 60.5 Å². The van der Waals surface area contributed by atoms with E-state index in [1.807, 2.05) is 0 Å². The van der Waals surface area contributed by atoms with E-state index in [1.54, 1.807) is 31.2 Å². The quantitative estimate of drug-likeness (QED) is 0.387. The standard InChI is InChI=1S/C18H17NO8S2/c1-2-11(17(25)26)27-12-6-4-3-5-9(12)7-13-15(22)19(18(28)29-13)10(16(23)24)8-14(20)21/h3-7,10-11H,2,8H2,1H3,(H,20,21)(H,23,24)(H,25,26)/b13-7-. The Morgan fingerprint density at radius 3 is 2.41 bits per heavy atom. The van der Waals surface area contributed by atoms with Crippen molar-refractivity contribution in [2.75, 3.05) is 0 Å². The molecule has 1 heterocycles. The maximum atomic E-state index is 12.7. The number of hydrogen-bond donors (Lipinski definition) is 3. The molecular formula is C18H17NO8S2. The van der Waals surface area contributed by atoms with Gasteiger partial charge >= 0.3 is 17.9 Å². The SMILES string of the molecule is CCC(Oc1ccccc1/C=C1\SC(=S)N(C(CC(=O)O)C(=O)O)C1=O)C(=O)O. The van der Waals surface area contributed by atoms with Crippen LogP contribution in [0.2, 0.25) is 0 Å². The Hall–Kier alpha value is -2.92. The largest absolute Gasteiger partial charge is 0.481 e. The third kappa shape index (κ3) is 5.33. The molecular weight excluding hydrogens is 422 g/mol. The normalized spacial score (nSPS) is 17.3. The van der Waals surface area contributed by atoms with Gasteiger partial charge in [0.25, 0.3) is 5.91 Å². The number of carboxylic acid groups (broad SMARTS) is 3. The summed E-state index contributed by atoms with van der Waals surface area (Å²) in [4.78, 5) is 47.2. The number of carbonyl (C=O) groups is 4. The van der Waals surface area contributed by atoms with Crippen molar-refractivity contribution in [3.05, 3.63) is 34.7 Å². The van der Waals surface area contributed by atoms with Gasteiger partial charge in [-0.3, -0.25) is 14.5 Å². The number of thiocarbonyl (C=S) groups is 1. The van der Waals surface area contributed by atoms with Crippen molar-refractivity contribution in [1.82, 2.24) is 4.90 Å². The van der Waals surface area contributed by atoms with Gasteiger partial charge in [-0.2, -0.15) is 0 Å². The highest BCUT2D eigenvalue weighted by atomic mass is 32.2. The van der Waals surface area contributed by atoms with E-state index in [0.717, 1.165) is 16.7 Å². The zero-order valence-corrected chi connectivity index (χ0v) is 16.7. The van der Waals surface area contributed by atoms with E-state index in [4.69, 9.17) is 22.1 Å². The number of rotatable bonds is 9. The zero-order chi connectivity index (χ0) is 21.7. The first-order chi connectivity index (χ1) is 13.6. The highest BCUT2D eigenvalue weighted by Gasteiger charge is 2.41. The lowest BCUT2D eigenvalue weighted by atomic mass is 10.1. The second kappa shape index (κ2) is 9.52. The van der Waals surface area contributed by atoms with Crippen LogP contribution in [0.1, 0.15) is 25.3 Å². The van der Waals surface area contributed by atoms with E-state index >= 15 is 0 Å². The Morgan fingerprint density at radius 1 is 1.21 bits per heavy atom. The molecule has 0 bridgehead atoms. The van der Waals surface area contributed by atoms with E-state index in [-0.39, 0.29) is 21.4 Å². The monoisotopic (exact) mass is 439 g/mol. The minimum absolute atomic E-state index is 0.0751. The molecule has 29 heavy (non-hydrogen) atoms. The van der Waals surface area contributed by atoms with Crippen molar-refractivity contribution < 1.29 is 39.2 Å². The van der Waals surface area contributed by atoms with Crippen LogP contribution in [0.15, 0.2) is 29.2 Å². The fraction of sp³-hybridized carbons (Fsp3) is 0.278. The molecule has 0 radical (unpaired) electrons. The van der Waals surface area contributed by atoms with Crippen LogP contribution in [0.25, 0.3) is 6.08 Å². The van der Waals surface area contributed by atoms with Gasteiger partial charge in [-0.05, 0) is 18.6 Å². The van der Waals surface area contributed by atoms with Gasteiger partial charge in [-0.15, -0.1) is 0 Å². The lowest BCUT2D eigenvalue weighted by Gasteiger charge is -2.21. The molecule has 1 saturated heterocycles. The Balaban J connectivity index is 2.36. The lowest BCUT2D eigenvalue weighted by molar-refractivity contribution is -0.150. The lowest BCUT2D eigenvalue weighted by Crippen LogP contribution is -2.45. The number of carbonyl (C=O) groups excluding carboxylic acids is 1. The van der Waals surface area contributed by atoms with E-state index in [2.05, 4.69) is 0 Å². The predicted molar refractivity (Wildman–Crippen MR) is 107 cm³/mol. The fourth-order valence-corrected chi connectivity index (χ4v) is 3.86. The molecule has 1 aliphatic rings. The molecule has 2 rings (SSSR count). The molecule has 2 atom stereocenters. The highest BCUT2D eigenvalue weighted by Crippen LogP contribution is 2.36. The second-order valence-corrected chi connectivity index (χ2v) is 7.57. The summed E-state index contributed by atoms with van der Waals surface area (Å²) >= 11 is 5.91. The molecule has 3 N–H and O–H groups in total. The van der Waals surface area contributed by atoms with Crippen molar-refractivity contribution in [3.63, 3.8) is 0 Å². The number of ether oxygens (including phenoxy) is 1. The molecule has 1 fully saturated rings. The summed E-state index contributed by atoms with van der Waals surface area (Å²) in [5.41, 5.74) is 0.401. The first-order valence-electron chi connectivity index (χ1n) is 8.35. The van der Waals surface area contributed by atoms with Crippen LogP contribution >= 0.6 is 24.0 Å². The molecule has 9 nitrogen and oxygen atoms in total. The van der Waals surface area contributed by atoms with Gasteiger partial charge < -0.3 is 20.1 Å². The smallest absolute Gasteiger partial charge is 0.344 e. The summed E-state index contributed by atoms with van der Waals surface area (Å²) in [6.45, 7) is 1.65. The number of thioether (sulfide) groups is 1. The number of amides is 1. The summed E-state index contributed by atoms with van der Waals surface area (Å²) in [5, 5.41) is 27.4. The molecule has 1 amide bonds. The number of nitrogens with zero attached hydrogens (tertiary/aromatic N) is 1. The maximum Gasteiger partial charge on any atom is 0.344 e. The number of benzene rings is 1. The molecule has 0 spiro atoms. The molecule has 0 saturated carbocycles. The molecule has 11 heteroatoms. The van der Waals surface area contributed by atoms with E-state index < -0.39 is 42.4 Å². The van der Waals surface area contributed by atoms with Crippen LogP contribution in [-0.2, 0) is 19.2 Å². The van der Waals surface area contributed by atoms with Crippen LogP contribution in [0.3, 0.4) is 0 Å². The summed E-state index contributed by atoms with van der Waals surface area (Å²) in [6, 6.07) is 4.81. The Bertz CT molecular complexity index is 898. The third-order valence-electron chi connectivity index (χ3n) is 3.91. The average Bonchev–Trinajstić information content (AvgIpc) is 2.91.